The van der Waals surface area contributed by atoms with E-state index in [2.05, 4.69) is 13.0 Å². The number of rotatable bonds is 4. The SMILES string of the molecule is CCc1ccc2c(c1F)CCC(c1ccc(C3CCC(CC)CC3)cc1F)=C2. The maximum Gasteiger partial charge on any atom is 0.130 e. The van der Waals surface area contributed by atoms with Crippen LogP contribution < -0.4 is 0 Å². The smallest absolute Gasteiger partial charge is 0.130 e. The largest absolute Gasteiger partial charge is 0.206 e. The predicted molar refractivity (Wildman–Crippen MR) is 113 cm³/mol. The molecule has 4 rings (SSSR count). The van der Waals surface area contributed by atoms with Gasteiger partial charge in [-0.05, 0) is 90.7 Å². The second kappa shape index (κ2) is 8.19. The highest BCUT2D eigenvalue weighted by atomic mass is 19.1. The fourth-order valence-corrected chi connectivity index (χ4v) is 5.03. The first-order chi connectivity index (χ1) is 13.6. The molecule has 0 amide bonds. The zero-order valence-electron chi connectivity index (χ0n) is 17.0. The topological polar surface area (TPSA) is 0 Å². The van der Waals surface area contributed by atoms with Crippen LogP contribution in [0.5, 0.6) is 0 Å². The summed E-state index contributed by atoms with van der Waals surface area (Å²) >= 11 is 0. The van der Waals surface area contributed by atoms with Gasteiger partial charge in [-0.3, -0.25) is 0 Å². The molecule has 0 spiro atoms. The van der Waals surface area contributed by atoms with Crippen LogP contribution in [0, 0.1) is 17.6 Å². The molecule has 0 N–H and O–H groups in total. The molecule has 0 aromatic heterocycles. The summed E-state index contributed by atoms with van der Waals surface area (Å²) in [5, 5.41) is 0. The molecule has 2 aromatic carbocycles. The maximum absolute atomic E-state index is 15.0. The molecule has 1 fully saturated rings. The number of benzene rings is 2. The Labute approximate surface area is 167 Å². The van der Waals surface area contributed by atoms with Crippen molar-refractivity contribution in [1.29, 1.82) is 0 Å². The van der Waals surface area contributed by atoms with Gasteiger partial charge in [-0.2, -0.15) is 0 Å². The van der Waals surface area contributed by atoms with Crippen molar-refractivity contribution in [2.45, 2.75) is 71.1 Å². The van der Waals surface area contributed by atoms with Gasteiger partial charge in [-0.1, -0.05) is 50.6 Å². The van der Waals surface area contributed by atoms with Gasteiger partial charge in [0.1, 0.15) is 11.6 Å². The monoisotopic (exact) mass is 380 g/mol. The third kappa shape index (κ3) is 3.66. The van der Waals surface area contributed by atoms with Crippen LogP contribution in [0.3, 0.4) is 0 Å². The highest BCUT2D eigenvalue weighted by molar-refractivity contribution is 5.84. The average molecular weight is 381 g/mol. The summed E-state index contributed by atoms with van der Waals surface area (Å²) in [6, 6.07) is 9.66. The lowest BCUT2D eigenvalue weighted by Gasteiger charge is -2.28. The lowest BCUT2D eigenvalue weighted by molar-refractivity contribution is 0.318. The van der Waals surface area contributed by atoms with Gasteiger partial charge in [-0.15, -0.1) is 0 Å². The molecule has 2 aliphatic carbocycles. The van der Waals surface area contributed by atoms with E-state index in [9.17, 15) is 8.78 Å². The minimum Gasteiger partial charge on any atom is -0.206 e. The molecule has 1 saturated carbocycles. The second-order valence-electron chi connectivity index (χ2n) is 8.49. The number of fused-ring (bicyclic) bond motifs is 1. The molecule has 0 atom stereocenters. The first kappa shape index (κ1) is 19.4. The number of hydrogen-bond acceptors (Lipinski definition) is 0. The highest BCUT2D eigenvalue weighted by Gasteiger charge is 2.23. The summed E-state index contributed by atoms with van der Waals surface area (Å²) in [4.78, 5) is 0. The first-order valence-electron chi connectivity index (χ1n) is 10.9. The Bertz CT molecular complexity index is 886. The molecule has 0 bridgehead atoms. The number of hydrogen-bond donors (Lipinski definition) is 0. The fraction of sp³-hybridized carbons (Fsp3) is 0.462. The van der Waals surface area contributed by atoms with Crippen molar-refractivity contribution in [2.75, 3.05) is 0 Å². The van der Waals surface area contributed by atoms with Crippen molar-refractivity contribution in [3.63, 3.8) is 0 Å². The van der Waals surface area contributed by atoms with E-state index in [1.807, 2.05) is 31.2 Å². The van der Waals surface area contributed by atoms with Crippen LogP contribution in [0.4, 0.5) is 8.78 Å². The van der Waals surface area contributed by atoms with E-state index in [1.165, 1.54) is 32.1 Å². The molecular weight excluding hydrogens is 350 g/mol. The van der Waals surface area contributed by atoms with E-state index < -0.39 is 0 Å². The quantitative estimate of drug-likeness (QED) is 0.510. The van der Waals surface area contributed by atoms with Gasteiger partial charge >= 0.3 is 0 Å². The summed E-state index contributed by atoms with van der Waals surface area (Å²) in [7, 11) is 0. The molecule has 28 heavy (non-hydrogen) atoms. The molecule has 148 valence electrons. The van der Waals surface area contributed by atoms with Crippen LogP contribution in [0.2, 0.25) is 0 Å². The van der Waals surface area contributed by atoms with E-state index in [0.29, 0.717) is 30.7 Å². The molecule has 0 unspecified atom stereocenters. The predicted octanol–water partition coefficient (Wildman–Crippen LogP) is 7.70. The van der Waals surface area contributed by atoms with E-state index in [4.69, 9.17) is 0 Å². The normalized spacial score (nSPS) is 21.9. The Balaban J connectivity index is 1.58. The summed E-state index contributed by atoms with van der Waals surface area (Å²) in [5.74, 6) is 1.14. The number of allylic oxidation sites excluding steroid dienone is 1. The standard InChI is InChI=1S/C26H30F2/c1-3-17-5-7-19(8-6-17)20-11-13-23(25(27)16-20)21-12-14-24-22(15-21)10-9-18(4-2)26(24)28/h9-11,13,15-17,19H,3-8,12,14H2,1-2H3. The second-order valence-corrected chi connectivity index (χ2v) is 8.49. The van der Waals surface area contributed by atoms with E-state index in [1.54, 1.807) is 6.07 Å². The molecule has 0 radical (unpaired) electrons. The van der Waals surface area contributed by atoms with E-state index in [0.717, 1.165) is 33.7 Å². The molecule has 0 nitrogen and oxygen atoms in total. The summed E-state index contributed by atoms with van der Waals surface area (Å²) in [6.45, 7) is 4.24. The molecule has 2 aromatic rings. The molecule has 0 heterocycles. The van der Waals surface area contributed by atoms with Gasteiger partial charge in [0.2, 0.25) is 0 Å². The minimum absolute atomic E-state index is 0.0752. The lowest BCUT2D eigenvalue weighted by atomic mass is 9.77. The van der Waals surface area contributed by atoms with Gasteiger partial charge in [0.15, 0.2) is 0 Å². The van der Waals surface area contributed by atoms with Crippen LogP contribution in [0.1, 0.15) is 86.1 Å². The Morgan fingerprint density at radius 2 is 1.71 bits per heavy atom. The lowest BCUT2D eigenvalue weighted by Crippen LogP contribution is -2.13. The summed E-state index contributed by atoms with van der Waals surface area (Å²) in [6.07, 6.45) is 10.1. The number of aryl methyl sites for hydroxylation is 1. The van der Waals surface area contributed by atoms with Crippen molar-refractivity contribution in [2.24, 2.45) is 5.92 Å². The number of halogens is 2. The molecular formula is C26H30F2. The third-order valence-electron chi connectivity index (χ3n) is 6.95. The van der Waals surface area contributed by atoms with Gasteiger partial charge in [0.05, 0.1) is 0 Å². The molecule has 2 aliphatic rings. The average Bonchev–Trinajstić information content (AvgIpc) is 2.74. The van der Waals surface area contributed by atoms with Crippen LogP contribution in [-0.2, 0) is 12.8 Å². The Morgan fingerprint density at radius 1 is 0.929 bits per heavy atom. The van der Waals surface area contributed by atoms with E-state index >= 15 is 0 Å². The van der Waals surface area contributed by atoms with Gasteiger partial charge < -0.3 is 0 Å². The van der Waals surface area contributed by atoms with E-state index in [-0.39, 0.29) is 11.6 Å². The van der Waals surface area contributed by atoms with Crippen LogP contribution in [-0.4, -0.2) is 0 Å². The maximum atomic E-state index is 15.0. The van der Waals surface area contributed by atoms with Crippen LogP contribution in [0.15, 0.2) is 30.3 Å². The Kier molecular flexibility index (Phi) is 5.66. The van der Waals surface area contributed by atoms with Crippen molar-refractivity contribution < 1.29 is 8.78 Å². The zero-order chi connectivity index (χ0) is 19.7. The Morgan fingerprint density at radius 3 is 2.39 bits per heavy atom. The van der Waals surface area contributed by atoms with Gasteiger partial charge in [0.25, 0.3) is 0 Å². The molecule has 2 heteroatoms. The first-order valence-corrected chi connectivity index (χ1v) is 10.9. The summed E-state index contributed by atoms with van der Waals surface area (Å²) < 4.78 is 29.6. The summed E-state index contributed by atoms with van der Waals surface area (Å²) in [5.41, 5.74) is 5.26. The third-order valence-corrected chi connectivity index (χ3v) is 6.95. The Hall–Kier alpha value is -1.96. The highest BCUT2D eigenvalue weighted by Crippen LogP contribution is 2.39. The van der Waals surface area contributed by atoms with Crippen LogP contribution >= 0.6 is 0 Å². The molecule has 0 aliphatic heterocycles. The van der Waals surface area contributed by atoms with Crippen LogP contribution in [0.25, 0.3) is 11.6 Å². The van der Waals surface area contributed by atoms with Crippen molar-refractivity contribution in [3.8, 4) is 0 Å². The van der Waals surface area contributed by atoms with Crippen molar-refractivity contribution in [1.82, 2.24) is 0 Å². The van der Waals surface area contributed by atoms with Crippen molar-refractivity contribution in [3.05, 3.63) is 69.8 Å². The van der Waals surface area contributed by atoms with Crippen molar-refractivity contribution >= 4 is 11.6 Å². The fourth-order valence-electron chi connectivity index (χ4n) is 5.03. The van der Waals surface area contributed by atoms with Gasteiger partial charge in [0, 0.05) is 5.56 Å². The van der Waals surface area contributed by atoms with Gasteiger partial charge in [-0.25, -0.2) is 8.78 Å². The minimum atomic E-state index is -0.129. The molecule has 0 saturated heterocycles. The zero-order valence-corrected chi connectivity index (χ0v) is 17.0.